The summed E-state index contributed by atoms with van der Waals surface area (Å²) in [6.45, 7) is 0.346. The van der Waals surface area contributed by atoms with Crippen LogP contribution in [0, 0.1) is 0 Å². The molecule has 0 aromatic heterocycles. The minimum atomic E-state index is -0.356. The molecule has 92 valence electrons. The summed E-state index contributed by atoms with van der Waals surface area (Å²) >= 11 is 16.8. The summed E-state index contributed by atoms with van der Waals surface area (Å²) in [6, 6.07) is 7.27. The molecule has 0 aliphatic carbocycles. The molecule has 1 aromatic rings. The van der Waals surface area contributed by atoms with Gasteiger partial charge in [-0.2, -0.15) is 0 Å². The third kappa shape index (κ3) is 5.31. The summed E-state index contributed by atoms with van der Waals surface area (Å²) in [5.41, 5.74) is 6.80. The Morgan fingerprint density at radius 2 is 1.76 bits per heavy atom. The van der Waals surface area contributed by atoms with Crippen LogP contribution in [-0.4, -0.2) is 12.5 Å². The van der Waals surface area contributed by atoms with E-state index in [-0.39, 0.29) is 16.8 Å². The molecule has 0 saturated heterocycles. The number of rotatable bonds is 5. The topological polar surface area (TPSA) is 55.1 Å². The highest BCUT2D eigenvalue weighted by Crippen LogP contribution is 2.18. The zero-order valence-corrected chi connectivity index (χ0v) is 11.1. The number of primary amides is 1. The standard InChI is InChI=1S/C11H11Cl3N2O/c12-9(11(13)14)6-16-8-3-1-7(2-4-8)5-10(15)17/h1-4,16H,5-6H2,(H2,15,17). The first-order valence-corrected chi connectivity index (χ1v) is 5.93. The average molecular weight is 294 g/mol. The summed E-state index contributed by atoms with van der Waals surface area (Å²) < 4.78 is 0.0458. The first-order valence-electron chi connectivity index (χ1n) is 4.80. The predicted octanol–water partition coefficient (Wildman–Crippen LogP) is 3.01. The van der Waals surface area contributed by atoms with Crippen LogP contribution in [0.25, 0.3) is 0 Å². The molecule has 6 heteroatoms. The van der Waals surface area contributed by atoms with E-state index >= 15 is 0 Å². The van der Waals surface area contributed by atoms with Gasteiger partial charge in [0.2, 0.25) is 5.91 Å². The van der Waals surface area contributed by atoms with E-state index < -0.39 is 0 Å². The molecule has 0 saturated carbocycles. The summed E-state index contributed by atoms with van der Waals surface area (Å²) in [4.78, 5) is 10.7. The van der Waals surface area contributed by atoms with Crippen molar-refractivity contribution in [2.45, 2.75) is 6.42 Å². The molecule has 0 bridgehead atoms. The number of hydrogen-bond donors (Lipinski definition) is 2. The van der Waals surface area contributed by atoms with Gasteiger partial charge in [0.25, 0.3) is 0 Å². The van der Waals surface area contributed by atoms with Gasteiger partial charge in [0, 0.05) is 5.69 Å². The van der Waals surface area contributed by atoms with Gasteiger partial charge in [0.05, 0.1) is 18.0 Å². The van der Waals surface area contributed by atoms with Gasteiger partial charge in [0.15, 0.2) is 0 Å². The fourth-order valence-corrected chi connectivity index (χ4v) is 1.39. The molecule has 0 radical (unpaired) electrons. The van der Waals surface area contributed by atoms with E-state index in [0.29, 0.717) is 11.6 Å². The second-order valence-corrected chi connectivity index (χ2v) is 4.76. The van der Waals surface area contributed by atoms with Gasteiger partial charge in [-0.3, -0.25) is 4.79 Å². The number of carbonyl (C=O) groups excluding carboxylic acids is 1. The van der Waals surface area contributed by atoms with E-state index in [1.165, 1.54) is 0 Å². The summed E-state index contributed by atoms with van der Waals surface area (Å²) in [7, 11) is 0. The second-order valence-electron chi connectivity index (χ2n) is 3.36. The zero-order valence-electron chi connectivity index (χ0n) is 8.84. The molecule has 0 heterocycles. The largest absolute Gasteiger partial charge is 0.380 e. The minimum Gasteiger partial charge on any atom is -0.380 e. The number of halogens is 3. The Morgan fingerprint density at radius 3 is 2.24 bits per heavy atom. The summed E-state index contributed by atoms with van der Waals surface area (Å²) in [5, 5.41) is 3.37. The molecule has 0 unspecified atom stereocenters. The first-order chi connectivity index (χ1) is 7.99. The van der Waals surface area contributed by atoms with Crippen LogP contribution in [0.2, 0.25) is 0 Å². The number of carbonyl (C=O) groups is 1. The van der Waals surface area contributed by atoms with Crippen molar-refractivity contribution in [1.29, 1.82) is 0 Å². The van der Waals surface area contributed by atoms with Gasteiger partial charge in [-0.15, -0.1) is 0 Å². The Bertz CT molecular complexity index is 425. The van der Waals surface area contributed by atoms with E-state index in [1.54, 1.807) is 0 Å². The van der Waals surface area contributed by atoms with Gasteiger partial charge >= 0.3 is 0 Å². The number of hydrogen-bond acceptors (Lipinski definition) is 2. The fraction of sp³-hybridized carbons (Fsp3) is 0.182. The Morgan fingerprint density at radius 1 is 1.18 bits per heavy atom. The minimum absolute atomic E-state index is 0.0458. The van der Waals surface area contributed by atoms with Crippen LogP contribution in [0.4, 0.5) is 5.69 Å². The number of nitrogens with two attached hydrogens (primary N) is 1. The van der Waals surface area contributed by atoms with E-state index in [0.717, 1.165) is 11.3 Å². The van der Waals surface area contributed by atoms with Crippen LogP contribution in [-0.2, 0) is 11.2 Å². The molecule has 1 amide bonds. The highest BCUT2D eigenvalue weighted by Gasteiger charge is 2.01. The van der Waals surface area contributed by atoms with Crippen LogP contribution in [0.15, 0.2) is 33.8 Å². The van der Waals surface area contributed by atoms with Crippen LogP contribution >= 0.6 is 34.8 Å². The Balaban J connectivity index is 2.57. The molecule has 0 fully saturated rings. The van der Waals surface area contributed by atoms with Gasteiger partial charge < -0.3 is 11.1 Å². The number of anilines is 1. The lowest BCUT2D eigenvalue weighted by Crippen LogP contribution is -2.13. The van der Waals surface area contributed by atoms with Crippen molar-refractivity contribution in [3.05, 3.63) is 39.4 Å². The van der Waals surface area contributed by atoms with E-state index in [9.17, 15) is 4.79 Å². The van der Waals surface area contributed by atoms with Crippen molar-refractivity contribution in [2.24, 2.45) is 5.73 Å². The molecule has 17 heavy (non-hydrogen) atoms. The van der Waals surface area contributed by atoms with Crippen LogP contribution in [0.5, 0.6) is 0 Å². The molecule has 3 nitrogen and oxygen atoms in total. The van der Waals surface area contributed by atoms with E-state index in [2.05, 4.69) is 5.32 Å². The van der Waals surface area contributed by atoms with Crippen molar-refractivity contribution < 1.29 is 4.79 Å². The third-order valence-electron chi connectivity index (χ3n) is 1.99. The normalized spacial score (nSPS) is 9.82. The average Bonchev–Trinajstić information content (AvgIpc) is 2.26. The molecule has 0 aliphatic rings. The van der Waals surface area contributed by atoms with Crippen LogP contribution in [0.1, 0.15) is 5.56 Å². The van der Waals surface area contributed by atoms with Gasteiger partial charge in [0.1, 0.15) is 4.49 Å². The molecular weight excluding hydrogens is 282 g/mol. The summed E-state index contributed by atoms with van der Waals surface area (Å²) in [6.07, 6.45) is 0.231. The third-order valence-corrected chi connectivity index (χ3v) is 2.96. The quantitative estimate of drug-likeness (QED) is 0.877. The van der Waals surface area contributed by atoms with Crippen molar-refractivity contribution in [1.82, 2.24) is 0 Å². The lowest BCUT2D eigenvalue weighted by Gasteiger charge is -2.06. The van der Waals surface area contributed by atoms with Gasteiger partial charge in [-0.05, 0) is 17.7 Å². The van der Waals surface area contributed by atoms with Crippen molar-refractivity contribution in [3.8, 4) is 0 Å². The fourth-order valence-electron chi connectivity index (χ4n) is 1.19. The monoisotopic (exact) mass is 292 g/mol. The maximum Gasteiger partial charge on any atom is 0.221 e. The molecular formula is C11H11Cl3N2O. The van der Waals surface area contributed by atoms with Crippen LogP contribution in [0.3, 0.4) is 0 Å². The Labute approximate surface area is 115 Å². The molecule has 0 spiro atoms. The van der Waals surface area contributed by atoms with Gasteiger partial charge in [-0.25, -0.2) is 0 Å². The maximum absolute atomic E-state index is 10.7. The van der Waals surface area contributed by atoms with E-state index in [1.807, 2.05) is 24.3 Å². The lowest BCUT2D eigenvalue weighted by atomic mass is 10.1. The maximum atomic E-state index is 10.7. The Hall–Kier alpha value is -0.900. The van der Waals surface area contributed by atoms with Crippen molar-refractivity contribution >= 4 is 46.4 Å². The molecule has 0 atom stereocenters. The molecule has 1 rings (SSSR count). The number of benzene rings is 1. The van der Waals surface area contributed by atoms with E-state index in [4.69, 9.17) is 40.5 Å². The molecule has 0 aliphatic heterocycles. The van der Waals surface area contributed by atoms with Gasteiger partial charge in [-0.1, -0.05) is 46.9 Å². The zero-order chi connectivity index (χ0) is 12.8. The smallest absolute Gasteiger partial charge is 0.221 e. The summed E-state index contributed by atoms with van der Waals surface area (Å²) in [5.74, 6) is -0.356. The first kappa shape index (κ1) is 14.2. The highest BCUT2D eigenvalue weighted by molar-refractivity contribution is 6.59. The number of amides is 1. The lowest BCUT2D eigenvalue weighted by molar-refractivity contribution is -0.117. The number of nitrogens with one attached hydrogen (secondary N) is 1. The second kappa shape index (κ2) is 6.74. The SMILES string of the molecule is NC(=O)Cc1ccc(NCC(Cl)=C(Cl)Cl)cc1. The Kier molecular flexibility index (Phi) is 5.62. The van der Waals surface area contributed by atoms with Crippen molar-refractivity contribution in [2.75, 3.05) is 11.9 Å². The highest BCUT2D eigenvalue weighted by atomic mass is 35.5. The molecule has 1 aromatic carbocycles. The van der Waals surface area contributed by atoms with Crippen molar-refractivity contribution in [3.63, 3.8) is 0 Å². The predicted molar refractivity (Wildman–Crippen MR) is 72.4 cm³/mol. The molecule has 3 N–H and O–H groups in total. The van der Waals surface area contributed by atoms with Crippen LogP contribution < -0.4 is 11.1 Å².